The molecule has 4 nitrogen and oxygen atoms in total. The van der Waals surface area contributed by atoms with Crippen LogP contribution in [0.3, 0.4) is 0 Å². The van der Waals surface area contributed by atoms with Crippen LogP contribution in [0.2, 0.25) is 0 Å². The van der Waals surface area contributed by atoms with E-state index in [1.807, 2.05) is 0 Å². The van der Waals surface area contributed by atoms with Crippen LogP contribution < -0.4 is 5.73 Å². The summed E-state index contributed by atoms with van der Waals surface area (Å²) in [5, 5.41) is 9.43. The largest absolute Gasteiger partial charge is 0.505 e. The van der Waals surface area contributed by atoms with Crippen molar-refractivity contribution < 1.29 is 14.3 Å². The Bertz CT molecular complexity index is 580. The number of benzene rings is 1. The highest BCUT2D eigenvalue weighted by molar-refractivity contribution is 5.99. The molecule has 0 bridgehead atoms. The Morgan fingerprint density at radius 3 is 2.68 bits per heavy atom. The summed E-state index contributed by atoms with van der Waals surface area (Å²) in [5.41, 5.74) is 6.67. The molecular weight excluding hydrogens is 283 g/mol. The smallest absolute Gasteiger partial charge is 0.257 e. The highest BCUT2D eigenvalue weighted by Gasteiger charge is 2.34. The van der Waals surface area contributed by atoms with Crippen molar-refractivity contribution in [3.05, 3.63) is 29.1 Å². The monoisotopic (exact) mass is 306 g/mol. The average molecular weight is 306 g/mol. The lowest BCUT2D eigenvalue weighted by Gasteiger charge is -2.32. The van der Waals surface area contributed by atoms with Gasteiger partial charge in [-0.2, -0.15) is 0 Å². The van der Waals surface area contributed by atoms with Gasteiger partial charge in [0.05, 0.1) is 5.56 Å². The molecule has 2 aliphatic rings. The summed E-state index contributed by atoms with van der Waals surface area (Å²) >= 11 is 0. The van der Waals surface area contributed by atoms with Gasteiger partial charge in [0, 0.05) is 19.1 Å². The van der Waals surface area contributed by atoms with E-state index < -0.39 is 11.6 Å². The molecule has 1 aliphatic carbocycles. The van der Waals surface area contributed by atoms with Gasteiger partial charge in [-0.25, -0.2) is 4.39 Å². The van der Waals surface area contributed by atoms with Crippen LogP contribution >= 0.6 is 0 Å². The summed E-state index contributed by atoms with van der Waals surface area (Å²) in [5.74, 6) is -0.489. The minimum absolute atomic E-state index is 0.0456. The van der Waals surface area contributed by atoms with E-state index in [2.05, 4.69) is 6.92 Å². The molecule has 1 atom stereocenters. The van der Waals surface area contributed by atoms with Crippen molar-refractivity contribution >= 4 is 5.91 Å². The van der Waals surface area contributed by atoms with E-state index in [4.69, 9.17) is 5.73 Å². The minimum Gasteiger partial charge on any atom is -0.505 e. The molecule has 1 aliphatic heterocycles. The Kier molecular flexibility index (Phi) is 4.08. The number of rotatable bonds is 3. The Balaban J connectivity index is 1.64. The highest BCUT2D eigenvalue weighted by atomic mass is 19.1. The molecule has 22 heavy (non-hydrogen) atoms. The molecular formula is C17H23FN2O2. The van der Waals surface area contributed by atoms with E-state index >= 15 is 0 Å². The summed E-state index contributed by atoms with van der Waals surface area (Å²) in [6, 6.07) is 3.19. The van der Waals surface area contributed by atoms with Crippen molar-refractivity contribution in [1.82, 2.24) is 4.90 Å². The number of amides is 1. The van der Waals surface area contributed by atoms with Crippen molar-refractivity contribution in [2.45, 2.75) is 45.2 Å². The molecule has 3 rings (SSSR count). The molecule has 1 aromatic carbocycles. The van der Waals surface area contributed by atoms with Crippen LogP contribution in [-0.4, -0.2) is 28.5 Å². The van der Waals surface area contributed by atoms with Gasteiger partial charge in [0.1, 0.15) is 0 Å². The molecule has 1 amide bonds. The first-order valence-corrected chi connectivity index (χ1v) is 8.02. The van der Waals surface area contributed by atoms with E-state index in [1.165, 1.54) is 6.07 Å². The number of nitrogens with two attached hydrogens (primary N) is 1. The molecule has 0 spiro atoms. The number of carbonyl (C=O) groups excluding carboxylic acids is 1. The van der Waals surface area contributed by atoms with Crippen molar-refractivity contribution in [3.8, 4) is 5.75 Å². The van der Waals surface area contributed by atoms with Crippen molar-refractivity contribution in [2.24, 2.45) is 17.6 Å². The topological polar surface area (TPSA) is 66.6 Å². The van der Waals surface area contributed by atoms with Crippen LogP contribution in [0, 0.1) is 17.7 Å². The number of nitrogens with zero attached hydrogens (tertiary/aromatic N) is 1. The molecule has 0 radical (unpaired) electrons. The fourth-order valence-electron chi connectivity index (χ4n) is 3.76. The molecule has 5 heteroatoms. The van der Waals surface area contributed by atoms with Crippen LogP contribution in [0.5, 0.6) is 5.75 Å². The summed E-state index contributed by atoms with van der Waals surface area (Å²) in [4.78, 5) is 14.1. The minimum atomic E-state index is -0.786. The van der Waals surface area contributed by atoms with Gasteiger partial charge in [-0.15, -0.1) is 0 Å². The zero-order chi connectivity index (χ0) is 15.9. The fourth-order valence-corrected chi connectivity index (χ4v) is 3.76. The third-order valence-electron chi connectivity index (χ3n) is 5.18. The van der Waals surface area contributed by atoms with Crippen LogP contribution in [0.25, 0.3) is 0 Å². The number of phenols is 1. The number of phenolic OH excluding ortho intramolecular Hbond substituents is 1. The third kappa shape index (κ3) is 2.70. The first kappa shape index (κ1) is 15.3. The molecule has 120 valence electrons. The summed E-state index contributed by atoms with van der Waals surface area (Å²) in [6.45, 7) is 3.17. The second-order valence-electron chi connectivity index (χ2n) is 6.76. The Hall–Kier alpha value is -1.62. The Morgan fingerprint density at radius 2 is 2.05 bits per heavy atom. The zero-order valence-corrected chi connectivity index (χ0v) is 12.9. The first-order valence-electron chi connectivity index (χ1n) is 8.02. The quantitative estimate of drug-likeness (QED) is 0.902. The van der Waals surface area contributed by atoms with Crippen LogP contribution in [-0.2, 0) is 6.54 Å². The number of halogens is 1. The van der Waals surface area contributed by atoms with Crippen LogP contribution in [0.15, 0.2) is 12.1 Å². The second-order valence-corrected chi connectivity index (χ2v) is 6.76. The maximum Gasteiger partial charge on any atom is 0.257 e. The summed E-state index contributed by atoms with van der Waals surface area (Å²) in [6.07, 6.45) is 4.35. The van der Waals surface area contributed by atoms with E-state index in [-0.39, 0.29) is 17.5 Å². The molecule has 1 saturated carbocycles. The molecule has 3 N–H and O–H groups in total. The summed E-state index contributed by atoms with van der Waals surface area (Å²) in [7, 11) is 0. The Labute approximate surface area is 130 Å². The van der Waals surface area contributed by atoms with Crippen molar-refractivity contribution in [3.63, 3.8) is 0 Å². The van der Waals surface area contributed by atoms with Crippen LogP contribution in [0.1, 0.15) is 48.5 Å². The SMILES string of the molecule is CC(N)[C@H]1CC[C@H](CN2Cc3ccc(O)c(F)c3C2=O)CC1. The fraction of sp³-hybridized carbons (Fsp3) is 0.588. The van der Waals surface area contributed by atoms with Gasteiger partial charge in [0.2, 0.25) is 0 Å². The predicted molar refractivity (Wildman–Crippen MR) is 81.9 cm³/mol. The van der Waals surface area contributed by atoms with E-state index in [9.17, 15) is 14.3 Å². The van der Waals surface area contributed by atoms with E-state index in [1.54, 1.807) is 11.0 Å². The number of carbonyl (C=O) groups is 1. The molecule has 1 aromatic rings. The number of hydrogen-bond acceptors (Lipinski definition) is 3. The van der Waals surface area contributed by atoms with E-state index in [0.717, 1.165) is 25.7 Å². The lowest BCUT2D eigenvalue weighted by Crippen LogP contribution is -2.35. The Morgan fingerprint density at radius 1 is 1.36 bits per heavy atom. The van der Waals surface area contributed by atoms with Gasteiger partial charge in [-0.3, -0.25) is 4.79 Å². The molecule has 0 saturated heterocycles. The standard InChI is InChI=1S/C17H23FN2O2/c1-10(19)12-4-2-11(3-5-12)8-20-9-13-6-7-14(21)16(18)15(13)17(20)22/h6-7,10-12,21H,2-5,8-9,19H2,1H3/t10?,11-,12-. The lowest BCUT2D eigenvalue weighted by molar-refractivity contribution is 0.0723. The van der Waals surface area contributed by atoms with Gasteiger partial charge in [-0.05, 0) is 56.1 Å². The third-order valence-corrected chi connectivity index (χ3v) is 5.18. The molecule has 1 heterocycles. The maximum absolute atomic E-state index is 13.9. The van der Waals surface area contributed by atoms with Gasteiger partial charge >= 0.3 is 0 Å². The van der Waals surface area contributed by atoms with Gasteiger partial charge in [0.15, 0.2) is 11.6 Å². The predicted octanol–water partition coefficient (Wildman–Crippen LogP) is 2.64. The summed E-state index contributed by atoms with van der Waals surface area (Å²) < 4.78 is 13.9. The normalized spacial score (nSPS) is 26.1. The van der Waals surface area contributed by atoms with Gasteiger partial charge in [-0.1, -0.05) is 6.07 Å². The highest BCUT2D eigenvalue weighted by Crippen LogP contribution is 2.34. The average Bonchev–Trinajstić information content (AvgIpc) is 2.81. The maximum atomic E-state index is 13.9. The first-order chi connectivity index (χ1) is 10.5. The zero-order valence-electron chi connectivity index (χ0n) is 12.9. The van der Waals surface area contributed by atoms with Crippen molar-refractivity contribution in [1.29, 1.82) is 0 Å². The molecule has 1 fully saturated rings. The second kappa shape index (κ2) is 5.88. The van der Waals surface area contributed by atoms with Gasteiger partial charge < -0.3 is 15.7 Å². The molecule has 1 unspecified atom stereocenters. The van der Waals surface area contributed by atoms with Crippen LogP contribution in [0.4, 0.5) is 4.39 Å². The van der Waals surface area contributed by atoms with Crippen molar-refractivity contribution in [2.75, 3.05) is 6.54 Å². The van der Waals surface area contributed by atoms with Gasteiger partial charge in [0.25, 0.3) is 5.91 Å². The lowest BCUT2D eigenvalue weighted by atomic mass is 9.79. The molecule has 0 aromatic heterocycles. The number of hydrogen-bond donors (Lipinski definition) is 2. The number of fused-ring (bicyclic) bond motifs is 1. The van der Waals surface area contributed by atoms with E-state index in [0.29, 0.717) is 30.5 Å². The number of aromatic hydroxyl groups is 1.